The van der Waals surface area contributed by atoms with Crippen molar-refractivity contribution >= 4 is 23.5 Å². The zero-order valence-electron chi connectivity index (χ0n) is 57.4. The number of hydrogen-bond donors (Lipinski definition) is 2. The Morgan fingerprint density at radius 1 is 0.538 bits per heavy atom. The van der Waals surface area contributed by atoms with Crippen LogP contribution in [-0.2, 0) is 49.6 Å². The zero-order valence-corrected chi connectivity index (χ0v) is 57.4. The number of ether oxygens (including phenoxy) is 1. The molecule has 0 bridgehead atoms. The van der Waals surface area contributed by atoms with E-state index in [0.29, 0.717) is 29.5 Å². The molecule has 490 valence electrons. The molecule has 0 aliphatic heterocycles. The van der Waals surface area contributed by atoms with Gasteiger partial charge in [0, 0.05) is 62.3 Å². The van der Waals surface area contributed by atoms with E-state index < -0.39 is 53.9 Å². The minimum Gasteiger partial charge on any atom is -0.727 e. The molecule has 91 heavy (non-hydrogen) atoms. The Hall–Kier alpha value is -6.64. The first-order valence-corrected chi connectivity index (χ1v) is 31.6. The van der Waals surface area contributed by atoms with Crippen LogP contribution in [0.2, 0.25) is 0 Å². The summed E-state index contributed by atoms with van der Waals surface area (Å²) in [6, 6.07) is 21.0. The van der Waals surface area contributed by atoms with Crippen molar-refractivity contribution < 1.29 is 67.2 Å². The van der Waals surface area contributed by atoms with Crippen molar-refractivity contribution in [3.8, 4) is 22.3 Å². The second-order valence-electron chi connectivity index (χ2n) is 25.5. The van der Waals surface area contributed by atoms with Crippen molar-refractivity contribution in [2.45, 2.75) is 178 Å². The van der Waals surface area contributed by atoms with E-state index in [-0.39, 0.29) is 84.8 Å². The van der Waals surface area contributed by atoms with Crippen LogP contribution in [0.1, 0.15) is 178 Å². The third-order valence-corrected chi connectivity index (χ3v) is 16.8. The van der Waals surface area contributed by atoms with Gasteiger partial charge in [-0.1, -0.05) is 77.9 Å². The molecule has 4 aromatic carbocycles. The van der Waals surface area contributed by atoms with Crippen molar-refractivity contribution in [2.24, 2.45) is 11.8 Å². The minimum atomic E-state index is -1.11. The van der Waals surface area contributed by atoms with Gasteiger partial charge < -0.3 is 39.3 Å². The van der Waals surface area contributed by atoms with Gasteiger partial charge in [0.05, 0.1) is 31.5 Å². The monoisotopic (exact) mass is 1250 g/mol. The predicted octanol–water partition coefficient (Wildman–Crippen LogP) is 10.4. The van der Waals surface area contributed by atoms with Gasteiger partial charge in [0.2, 0.25) is 0 Å². The Kier molecular flexibility index (Phi) is 32.1. The number of carbonyl (C=O) groups excluding carboxylic acids is 3. The molecular formula is C74H99F2LiN4O10. The van der Waals surface area contributed by atoms with Crippen LogP contribution in [0.15, 0.2) is 94.8 Å². The van der Waals surface area contributed by atoms with Crippen molar-refractivity contribution in [3.05, 3.63) is 184 Å². The number of carboxylic acid groups (broad SMARTS) is 1. The Balaban J connectivity index is 0.000000458. The summed E-state index contributed by atoms with van der Waals surface area (Å²) in [7, 11) is 7.96. The van der Waals surface area contributed by atoms with Crippen LogP contribution in [-0.4, -0.2) is 101 Å². The minimum absolute atomic E-state index is 0. The Morgan fingerprint density at radius 2 is 0.912 bits per heavy atom. The first kappa shape index (κ1) is 78.6. The molecule has 2 N–H and O–H groups in total. The maximum Gasteiger partial charge on any atom is 1.00 e. The van der Waals surface area contributed by atoms with Crippen molar-refractivity contribution in [3.63, 3.8) is 0 Å². The fraction of sp³-hybridized carbons (Fsp3) is 0.486. The number of aromatic nitrogens is 2. The number of pyridine rings is 2. The fourth-order valence-electron chi connectivity index (χ4n) is 12.1. The number of benzene rings is 4. The summed E-state index contributed by atoms with van der Waals surface area (Å²) < 4.78 is 40.2. The van der Waals surface area contributed by atoms with Crippen molar-refractivity contribution in [1.82, 2.24) is 18.9 Å². The van der Waals surface area contributed by atoms with Gasteiger partial charge in [-0.25, -0.2) is 8.78 Å². The molecule has 2 aromatic heterocycles. The molecule has 14 nitrogen and oxygen atoms in total. The summed E-state index contributed by atoms with van der Waals surface area (Å²) in [6.45, 7) is 26.9. The van der Waals surface area contributed by atoms with Gasteiger partial charge >= 0.3 is 30.8 Å². The smallest absolute Gasteiger partial charge is 0.727 e. The van der Waals surface area contributed by atoms with Crippen LogP contribution in [0.25, 0.3) is 22.3 Å². The van der Waals surface area contributed by atoms with E-state index in [9.17, 15) is 33.9 Å². The number of halogens is 2. The molecule has 4 atom stereocenters. The number of carbonyl (C=O) groups is 4. The Morgan fingerprint density at radius 3 is 1.24 bits per heavy atom. The van der Waals surface area contributed by atoms with E-state index in [1.165, 1.54) is 4.57 Å². The van der Waals surface area contributed by atoms with Crippen LogP contribution in [0.4, 0.5) is 8.78 Å². The maximum atomic E-state index is 16.0. The molecule has 0 aliphatic carbocycles. The zero-order chi connectivity index (χ0) is 67.4. The molecule has 0 radical (unpaired) electrons. The van der Waals surface area contributed by atoms with Gasteiger partial charge in [-0.05, 0) is 240 Å². The molecule has 0 aliphatic rings. The summed E-state index contributed by atoms with van der Waals surface area (Å²) in [5.74, 6) is -4.40. The fourth-order valence-corrected chi connectivity index (χ4v) is 12.1. The number of aliphatic carboxylic acids is 1. The van der Waals surface area contributed by atoms with Gasteiger partial charge in [-0.3, -0.25) is 28.8 Å². The molecule has 0 amide bonds. The van der Waals surface area contributed by atoms with E-state index in [2.05, 4.69) is 29.7 Å². The SMILES string of the molecule is CCOC(=O)C[C@H](CC(=O)C(CC(C)C)n1cc(CCN(C)C)c(C)cc1=O)c1cc(-c2c(C)cccc2CC)cc(C)c1F.CCc1cccc(C)c1-c1cc(C)c(F)c([C@H](CC(=O)O)CC(=O)C(CC(C)C)n2cc(CCN(C)C)c(C)cc2=O)c1.[Li+].[O-]O. The van der Waals surface area contributed by atoms with Crippen molar-refractivity contribution in [2.75, 3.05) is 47.9 Å². The van der Waals surface area contributed by atoms with Crippen LogP contribution in [0.5, 0.6) is 0 Å². The Bertz CT molecular complexity index is 3550. The number of hydrogen-bond acceptors (Lipinski definition) is 11. The number of likely N-dealkylation sites (N-methyl/N-ethyl adjacent to an activating group) is 2. The van der Waals surface area contributed by atoms with Gasteiger partial charge in [0.15, 0.2) is 11.6 Å². The standard InChI is InChI=1S/C38H51FN2O4.C36H47FN2O4.Li.H2O2/c1-10-28-14-12-13-25(5)37(28)31-18-27(7)38(39)32(20-31)30(22-36(44)45-11-2)21-34(42)33(17-24(3)4)41-23-29(15-16-40(8)9)26(6)19-35(41)43;1-9-26-12-10-11-23(4)35(26)29-16-25(6)36(37)30(18-29)28(20-34(42)43)19-32(40)31(15-22(2)3)39-21-27(13-14-38(7)8)24(5)17-33(39)41;;1-2/h12-14,18-20,23-24,30,33H,10-11,15-17,21-22H2,1-9H3;10-12,16-18,21-22,28,31H,9,13-15,19-20H2,1-8H3,(H,42,43);;1-2H/q;;+1;/p-1/t30-,33?;28-,31?;;/m00../s1. The number of Topliss-reactive ketones (excluding diaryl/α,β-unsaturated/α-hetero) is 2. The second kappa shape index (κ2) is 37.2. The quantitative estimate of drug-likeness (QED) is 0.0196. The summed E-state index contributed by atoms with van der Waals surface area (Å²) in [5, 5.41) is 22.9. The van der Waals surface area contributed by atoms with E-state index in [1.807, 2.05) is 126 Å². The molecule has 17 heteroatoms. The third-order valence-electron chi connectivity index (χ3n) is 16.8. The van der Waals surface area contributed by atoms with Gasteiger partial charge in [-0.15, -0.1) is 0 Å². The maximum absolute atomic E-state index is 16.0. The molecule has 2 unspecified atom stereocenters. The number of rotatable bonds is 29. The normalized spacial score (nSPS) is 12.6. The molecule has 0 saturated heterocycles. The van der Waals surface area contributed by atoms with Crippen molar-refractivity contribution in [1.29, 1.82) is 0 Å². The topological polar surface area (TPSA) is 192 Å². The van der Waals surface area contributed by atoms with E-state index in [0.717, 1.165) is 106 Å². The number of aryl methyl sites for hydroxylation is 8. The van der Waals surface area contributed by atoms with Crippen LogP contribution >= 0.6 is 0 Å². The molecule has 6 rings (SSSR count). The molecular weight excluding hydrogens is 1150 g/mol. The average Bonchev–Trinajstić information content (AvgIpc) is 0.897. The van der Waals surface area contributed by atoms with Crippen LogP contribution < -0.4 is 35.2 Å². The summed E-state index contributed by atoms with van der Waals surface area (Å²) in [4.78, 5) is 84.0. The van der Waals surface area contributed by atoms with Crippen LogP contribution in [0, 0.1) is 65.0 Å². The van der Waals surface area contributed by atoms with E-state index in [4.69, 9.17) is 15.3 Å². The molecule has 6 aromatic rings. The van der Waals surface area contributed by atoms with Gasteiger partial charge in [0.25, 0.3) is 11.1 Å². The molecule has 0 saturated carbocycles. The summed E-state index contributed by atoms with van der Waals surface area (Å²) >= 11 is 0. The molecule has 0 fully saturated rings. The number of carboxylic acids is 1. The Labute approximate surface area is 551 Å². The number of ketones is 2. The van der Waals surface area contributed by atoms with Crippen LogP contribution in [0.3, 0.4) is 0 Å². The summed E-state index contributed by atoms with van der Waals surface area (Å²) in [6.07, 6.45) is 6.71. The average molecular weight is 1250 g/mol. The van der Waals surface area contributed by atoms with Gasteiger partial charge in [-0.2, -0.15) is 0 Å². The molecule has 0 spiro atoms. The van der Waals surface area contributed by atoms with E-state index >= 15 is 8.78 Å². The summed E-state index contributed by atoms with van der Waals surface area (Å²) in [5.41, 5.74) is 12.7. The van der Waals surface area contributed by atoms with Gasteiger partial charge in [0.1, 0.15) is 11.6 Å². The first-order chi connectivity index (χ1) is 42.5. The number of esters is 1. The molecule has 2 heterocycles. The predicted molar refractivity (Wildman–Crippen MR) is 355 cm³/mol. The first-order valence-electron chi connectivity index (χ1n) is 31.6. The number of nitrogens with zero attached hydrogens (tertiary/aromatic N) is 4. The van der Waals surface area contributed by atoms with E-state index in [1.54, 1.807) is 61.9 Å². The second-order valence-corrected chi connectivity index (χ2v) is 25.5. The third kappa shape index (κ3) is 22.0. The largest absolute Gasteiger partial charge is 1.00 e.